The third-order valence-electron chi connectivity index (χ3n) is 4.51. The fourth-order valence-electron chi connectivity index (χ4n) is 3.30. The van der Waals surface area contributed by atoms with E-state index in [-0.39, 0.29) is 30.3 Å². The van der Waals surface area contributed by atoms with Crippen LogP contribution in [-0.2, 0) is 9.59 Å². The monoisotopic (exact) mass is 317 g/mol. The summed E-state index contributed by atoms with van der Waals surface area (Å²) < 4.78 is 0. The molecule has 1 atom stereocenters. The first-order valence-corrected chi connectivity index (χ1v) is 7.90. The van der Waals surface area contributed by atoms with Crippen molar-refractivity contribution in [2.75, 3.05) is 13.1 Å². The first-order valence-electron chi connectivity index (χ1n) is 7.90. The molecule has 2 fully saturated rings. The molecule has 0 radical (unpaired) electrons. The largest absolute Gasteiger partial charge is 0.353 e. The molecule has 1 saturated carbocycles. The van der Waals surface area contributed by atoms with Crippen LogP contribution >= 0.6 is 12.4 Å². The fraction of sp³-hybridized carbons (Fsp3) is 0.867. The molecule has 122 valence electrons. The number of hydrogen-bond donors (Lipinski definition) is 2. The number of piperidine rings is 1. The third-order valence-corrected chi connectivity index (χ3v) is 4.51. The SMILES string of the molecule is C[C@@H](N)C(=O)N1CCC(NC(=O)CC2CCCC2)CC1.Cl. The van der Waals surface area contributed by atoms with Gasteiger partial charge in [-0.1, -0.05) is 12.8 Å². The molecular weight excluding hydrogens is 290 g/mol. The lowest BCUT2D eigenvalue weighted by Gasteiger charge is -2.33. The highest BCUT2D eigenvalue weighted by Gasteiger charge is 2.26. The smallest absolute Gasteiger partial charge is 0.239 e. The number of rotatable bonds is 4. The normalized spacial score (nSPS) is 21.7. The van der Waals surface area contributed by atoms with Crippen LogP contribution in [0, 0.1) is 5.92 Å². The molecule has 5 nitrogen and oxygen atoms in total. The summed E-state index contributed by atoms with van der Waals surface area (Å²) in [5.41, 5.74) is 5.61. The maximum Gasteiger partial charge on any atom is 0.239 e. The first kappa shape index (κ1) is 18.2. The topological polar surface area (TPSA) is 75.4 Å². The van der Waals surface area contributed by atoms with Crippen LogP contribution in [-0.4, -0.2) is 41.9 Å². The molecule has 21 heavy (non-hydrogen) atoms. The van der Waals surface area contributed by atoms with Crippen LogP contribution in [0.15, 0.2) is 0 Å². The average molecular weight is 318 g/mol. The molecule has 0 unspecified atom stereocenters. The minimum Gasteiger partial charge on any atom is -0.353 e. The van der Waals surface area contributed by atoms with Crippen LogP contribution in [0.3, 0.4) is 0 Å². The van der Waals surface area contributed by atoms with Crippen LogP contribution < -0.4 is 11.1 Å². The van der Waals surface area contributed by atoms with Gasteiger partial charge in [0.25, 0.3) is 0 Å². The van der Waals surface area contributed by atoms with E-state index in [1.807, 2.05) is 4.90 Å². The minimum atomic E-state index is -0.427. The Kier molecular flexibility index (Phi) is 7.46. The molecule has 0 aromatic rings. The summed E-state index contributed by atoms with van der Waals surface area (Å²) in [7, 11) is 0. The lowest BCUT2D eigenvalue weighted by atomic mass is 10.0. The van der Waals surface area contributed by atoms with Crippen LogP contribution in [0.25, 0.3) is 0 Å². The Hall–Kier alpha value is -0.810. The molecule has 1 saturated heterocycles. The summed E-state index contributed by atoms with van der Waals surface area (Å²) in [4.78, 5) is 25.6. The molecule has 1 heterocycles. The first-order chi connectivity index (χ1) is 9.56. The number of nitrogens with two attached hydrogens (primary N) is 1. The van der Waals surface area contributed by atoms with E-state index in [0.29, 0.717) is 25.4 Å². The zero-order chi connectivity index (χ0) is 14.5. The van der Waals surface area contributed by atoms with Gasteiger partial charge < -0.3 is 16.0 Å². The summed E-state index contributed by atoms with van der Waals surface area (Å²) in [5.74, 6) is 0.796. The zero-order valence-electron chi connectivity index (χ0n) is 12.8. The van der Waals surface area contributed by atoms with E-state index in [0.717, 1.165) is 12.8 Å². The van der Waals surface area contributed by atoms with Gasteiger partial charge >= 0.3 is 0 Å². The Morgan fingerprint density at radius 2 is 1.76 bits per heavy atom. The number of carbonyl (C=O) groups is 2. The number of halogens is 1. The summed E-state index contributed by atoms with van der Waals surface area (Å²) in [6.07, 6.45) is 7.32. The molecule has 0 spiro atoms. The van der Waals surface area contributed by atoms with Gasteiger partial charge in [0.2, 0.25) is 11.8 Å². The van der Waals surface area contributed by atoms with Crippen molar-refractivity contribution in [3.63, 3.8) is 0 Å². The van der Waals surface area contributed by atoms with Crippen molar-refractivity contribution >= 4 is 24.2 Å². The maximum atomic E-state index is 12.0. The number of nitrogens with zero attached hydrogens (tertiary/aromatic N) is 1. The molecule has 2 amide bonds. The van der Waals surface area contributed by atoms with Gasteiger partial charge in [0.15, 0.2) is 0 Å². The molecule has 0 aromatic carbocycles. The van der Waals surface area contributed by atoms with Crippen molar-refractivity contribution < 1.29 is 9.59 Å². The van der Waals surface area contributed by atoms with Crippen molar-refractivity contribution in [2.45, 2.75) is 64.0 Å². The van der Waals surface area contributed by atoms with Crippen molar-refractivity contribution in [1.82, 2.24) is 10.2 Å². The number of carbonyl (C=O) groups excluding carboxylic acids is 2. The van der Waals surface area contributed by atoms with Crippen LogP contribution in [0.5, 0.6) is 0 Å². The van der Waals surface area contributed by atoms with Crippen molar-refractivity contribution in [1.29, 1.82) is 0 Å². The van der Waals surface area contributed by atoms with Gasteiger partial charge in [-0.3, -0.25) is 9.59 Å². The van der Waals surface area contributed by atoms with E-state index in [2.05, 4.69) is 5.32 Å². The zero-order valence-corrected chi connectivity index (χ0v) is 13.7. The van der Waals surface area contributed by atoms with Gasteiger partial charge in [-0.15, -0.1) is 12.4 Å². The highest BCUT2D eigenvalue weighted by molar-refractivity contribution is 5.85. The van der Waals surface area contributed by atoms with E-state index in [1.165, 1.54) is 25.7 Å². The highest BCUT2D eigenvalue weighted by atomic mass is 35.5. The van der Waals surface area contributed by atoms with Crippen LogP contribution in [0.1, 0.15) is 51.9 Å². The minimum absolute atomic E-state index is 0. The summed E-state index contributed by atoms with van der Waals surface area (Å²) >= 11 is 0. The fourth-order valence-corrected chi connectivity index (χ4v) is 3.30. The van der Waals surface area contributed by atoms with E-state index in [4.69, 9.17) is 5.73 Å². The van der Waals surface area contributed by atoms with Crippen LogP contribution in [0.2, 0.25) is 0 Å². The summed E-state index contributed by atoms with van der Waals surface area (Å²) in [5, 5.41) is 3.13. The second kappa shape index (κ2) is 8.59. The third kappa shape index (κ3) is 5.47. The van der Waals surface area contributed by atoms with E-state index in [9.17, 15) is 9.59 Å². The number of nitrogens with one attached hydrogen (secondary N) is 1. The summed E-state index contributed by atoms with van der Waals surface area (Å²) in [6.45, 7) is 3.13. The van der Waals surface area contributed by atoms with E-state index >= 15 is 0 Å². The number of hydrogen-bond acceptors (Lipinski definition) is 3. The highest BCUT2D eigenvalue weighted by Crippen LogP contribution is 2.27. The van der Waals surface area contributed by atoms with E-state index < -0.39 is 6.04 Å². The quantitative estimate of drug-likeness (QED) is 0.824. The Bertz CT molecular complexity index is 349. The van der Waals surface area contributed by atoms with Gasteiger partial charge in [0, 0.05) is 25.6 Å². The molecule has 2 rings (SSSR count). The van der Waals surface area contributed by atoms with Crippen LogP contribution in [0.4, 0.5) is 0 Å². The molecule has 0 aromatic heterocycles. The van der Waals surface area contributed by atoms with Crippen molar-refractivity contribution in [3.05, 3.63) is 0 Å². The molecule has 2 aliphatic rings. The Labute approximate surface area is 133 Å². The molecule has 3 N–H and O–H groups in total. The Morgan fingerprint density at radius 1 is 1.19 bits per heavy atom. The van der Waals surface area contributed by atoms with E-state index in [1.54, 1.807) is 6.92 Å². The molecule has 1 aliphatic carbocycles. The van der Waals surface area contributed by atoms with Gasteiger partial charge in [-0.05, 0) is 38.5 Å². The predicted molar refractivity (Wildman–Crippen MR) is 85.2 cm³/mol. The number of likely N-dealkylation sites (tertiary alicyclic amines) is 1. The standard InChI is InChI=1S/C15H27N3O2.ClH/c1-11(16)15(20)18-8-6-13(7-9-18)17-14(19)10-12-4-2-3-5-12;/h11-13H,2-10,16H2,1H3,(H,17,19);1H/t11-;/m1./s1. The lowest BCUT2D eigenvalue weighted by molar-refractivity contribution is -0.133. The summed E-state index contributed by atoms with van der Waals surface area (Å²) in [6, 6.07) is -0.204. The number of amides is 2. The second-order valence-electron chi connectivity index (χ2n) is 6.31. The average Bonchev–Trinajstić information content (AvgIpc) is 2.91. The maximum absolute atomic E-state index is 12.0. The molecule has 1 aliphatic heterocycles. The predicted octanol–water partition coefficient (Wildman–Crippen LogP) is 1.44. The lowest BCUT2D eigenvalue weighted by Crippen LogP contribution is -2.50. The van der Waals surface area contributed by atoms with Crippen molar-refractivity contribution in [3.8, 4) is 0 Å². The van der Waals surface area contributed by atoms with Gasteiger partial charge in [0.1, 0.15) is 0 Å². The van der Waals surface area contributed by atoms with Gasteiger partial charge in [-0.2, -0.15) is 0 Å². The van der Waals surface area contributed by atoms with Gasteiger partial charge in [0.05, 0.1) is 6.04 Å². The Balaban J connectivity index is 0.00000220. The second-order valence-corrected chi connectivity index (χ2v) is 6.31. The van der Waals surface area contributed by atoms with Crippen molar-refractivity contribution in [2.24, 2.45) is 11.7 Å². The molecule has 0 bridgehead atoms. The van der Waals surface area contributed by atoms with Gasteiger partial charge in [-0.25, -0.2) is 0 Å². The Morgan fingerprint density at radius 3 is 2.29 bits per heavy atom. The molecular formula is C15H28ClN3O2. The molecule has 6 heteroatoms.